The largest absolute Gasteiger partial charge is 0.379 e. The van der Waals surface area contributed by atoms with Gasteiger partial charge in [-0.1, -0.05) is 42.5 Å². The number of hydrogen-bond acceptors (Lipinski definition) is 5. The summed E-state index contributed by atoms with van der Waals surface area (Å²) in [4.78, 5) is 7.29. The molecule has 2 heterocycles. The van der Waals surface area contributed by atoms with E-state index in [1.54, 1.807) is 0 Å². The highest BCUT2D eigenvalue weighted by Gasteiger charge is 2.13. The third kappa shape index (κ3) is 6.89. The molecule has 0 radical (unpaired) electrons. The van der Waals surface area contributed by atoms with Gasteiger partial charge in [0, 0.05) is 26.7 Å². The Labute approximate surface area is 219 Å². The van der Waals surface area contributed by atoms with Gasteiger partial charge in [0.1, 0.15) is 12.4 Å². The lowest BCUT2D eigenvalue weighted by molar-refractivity contribution is 0.0376. The smallest absolute Gasteiger partial charge is 0.192 e. The van der Waals surface area contributed by atoms with Crippen LogP contribution >= 0.6 is 24.0 Å². The molecule has 1 saturated heterocycles. The third-order valence-corrected chi connectivity index (χ3v) is 6.25. The highest BCUT2D eigenvalue weighted by molar-refractivity contribution is 14.0. The van der Waals surface area contributed by atoms with Crippen LogP contribution in [0.2, 0.25) is 0 Å². The number of nitrogens with one attached hydrogen (secondary N) is 2. The molecule has 184 valence electrons. The first-order valence-electron chi connectivity index (χ1n) is 11.8. The molecule has 1 aromatic heterocycles. The van der Waals surface area contributed by atoms with Crippen molar-refractivity contribution in [3.63, 3.8) is 0 Å². The van der Waals surface area contributed by atoms with E-state index >= 15 is 0 Å². The minimum absolute atomic E-state index is 0. The maximum Gasteiger partial charge on any atom is 0.192 e. The van der Waals surface area contributed by atoms with Gasteiger partial charge in [0.25, 0.3) is 0 Å². The monoisotopic (exact) mass is 577 g/mol. The quantitative estimate of drug-likeness (QED) is 0.185. The van der Waals surface area contributed by atoms with Crippen LogP contribution in [-0.2, 0) is 18.3 Å². The second-order valence-electron chi connectivity index (χ2n) is 8.56. The Balaban J connectivity index is 0.00000324. The fraction of sp³-hybridized carbons (Fsp3) is 0.480. The molecule has 1 fully saturated rings. The summed E-state index contributed by atoms with van der Waals surface area (Å²) >= 11 is 0. The number of morpholine rings is 1. The van der Waals surface area contributed by atoms with Gasteiger partial charge in [0.15, 0.2) is 11.8 Å². The van der Waals surface area contributed by atoms with E-state index in [0.717, 1.165) is 63.4 Å². The van der Waals surface area contributed by atoms with E-state index in [2.05, 4.69) is 75.1 Å². The SMILES string of the molecule is Cc1nnc(CN=C(NCCCN2CCOCC2)NC(C)c2cccc3ccccc23)n1C.I. The summed E-state index contributed by atoms with van der Waals surface area (Å²) in [6, 6.07) is 15.1. The molecule has 1 aliphatic rings. The molecule has 1 aliphatic heterocycles. The van der Waals surface area contributed by atoms with Gasteiger partial charge in [-0.25, -0.2) is 4.99 Å². The minimum atomic E-state index is 0. The van der Waals surface area contributed by atoms with Crippen LogP contribution in [0.5, 0.6) is 0 Å². The van der Waals surface area contributed by atoms with Gasteiger partial charge in [-0.3, -0.25) is 4.90 Å². The zero-order valence-corrected chi connectivity index (χ0v) is 22.7. The molecule has 9 heteroatoms. The van der Waals surface area contributed by atoms with Crippen molar-refractivity contribution in [3.8, 4) is 0 Å². The molecule has 0 spiro atoms. The summed E-state index contributed by atoms with van der Waals surface area (Å²) in [7, 11) is 1.97. The Morgan fingerprint density at radius 1 is 1.12 bits per heavy atom. The number of ether oxygens (including phenoxy) is 1. The predicted octanol–water partition coefficient (Wildman–Crippen LogP) is 3.41. The number of fused-ring (bicyclic) bond motifs is 1. The molecular formula is C25H36IN7O. The van der Waals surface area contributed by atoms with Gasteiger partial charge in [-0.2, -0.15) is 0 Å². The molecule has 0 bridgehead atoms. The van der Waals surface area contributed by atoms with Crippen molar-refractivity contribution in [2.75, 3.05) is 39.4 Å². The lowest BCUT2D eigenvalue weighted by atomic mass is 10.00. The zero-order valence-electron chi connectivity index (χ0n) is 20.3. The molecule has 3 aromatic rings. The zero-order chi connectivity index (χ0) is 23.0. The van der Waals surface area contributed by atoms with Crippen molar-refractivity contribution in [3.05, 3.63) is 59.7 Å². The average molecular weight is 578 g/mol. The maximum absolute atomic E-state index is 5.45. The Kier molecular flexibility index (Phi) is 10.1. The average Bonchev–Trinajstić information content (AvgIpc) is 3.17. The van der Waals surface area contributed by atoms with Crippen LogP contribution in [0.3, 0.4) is 0 Å². The highest BCUT2D eigenvalue weighted by Crippen LogP contribution is 2.24. The molecule has 0 saturated carbocycles. The number of nitrogens with zero attached hydrogens (tertiary/aromatic N) is 5. The van der Waals surface area contributed by atoms with Crippen LogP contribution in [0.1, 0.15) is 36.6 Å². The number of guanidine groups is 1. The first-order chi connectivity index (χ1) is 16.1. The summed E-state index contributed by atoms with van der Waals surface area (Å²) < 4.78 is 7.43. The summed E-state index contributed by atoms with van der Waals surface area (Å²) in [6.45, 7) is 10.2. The van der Waals surface area contributed by atoms with Crippen molar-refractivity contribution in [1.29, 1.82) is 0 Å². The van der Waals surface area contributed by atoms with E-state index in [-0.39, 0.29) is 30.0 Å². The fourth-order valence-corrected chi connectivity index (χ4v) is 4.14. The van der Waals surface area contributed by atoms with Crippen molar-refractivity contribution in [2.24, 2.45) is 12.0 Å². The molecule has 2 N–H and O–H groups in total. The Morgan fingerprint density at radius 2 is 1.88 bits per heavy atom. The molecular weight excluding hydrogens is 541 g/mol. The molecule has 1 unspecified atom stereocenters. The standard InChI is InChI=1S/C25H35N7O.HI/c1-19(22-11-6-9-21-8-4-5-10-23(21)22)28-25(27-18-24-30-29-20(2)31(24)3)26-12-7-13-32-14-16-33-17-15-32;/h4-6,8-11,19H,7,12-18H2,1-3H3,(H2,26,27,28);1H. The molecule has 1 atom stereocenters. The molecule has 4 rings (SSSR count). The van der Waals surface area contributed by atoms with E-state index in [0.29, 0.717) is 6.54 Å². The number of aryl methyl sites for hydroxylation is 1. The van der Waals surface area contributed by atoms with Crippen LogP contribution in [0.15, 0.2) is 47.5 Å². The highest BCUT2D eigenvalue weighted by atomic mass is 127. The van der Waals surface area contributed by atoms with Crippen molar-refractivity contribution in [1.82, 2.24) is 30.3 Å². The predicted molar refractivity (Wildman–Crippen MR) is 148 cm³/mol. The number of benzene rings is 2. The van der Waals surface area contributed by atoms with Crippen molar-refractivity contribution < 1.29 is 4.74 Å². The van der Waals surface area contributed by atoms with Gasteiger partial charge in [-0.05, 0) is 43.1 Å². The molecule has 0 aliphatic carbocycles. The lowest BCUT2D eigenvalue weighted by Crippen LogP contribution is -2.41. The Bertz CT molecular complexity index is 1070. The van der Waals surface area contributed by atoms with Crippen LogP contribution in [0, 0.1) is 6.92 Å². The van der Waals surface area contributed by atoms with Crippen LogP contribution < -0.4 is 10.6 Å². The van der Waals surface area contributed by atoms with E-state index in [1.165, 1.54) is 16.3 Å². The summed E-state index contributed by atoms with van der Waals surface area (Å²) in [5.74, 6) is 2.52. The minimum Gasteiger partial charge on any atom is -0.379 e. The third-order valence-electron chi connectivity index (χ3n) is 6.25. The van der Waals surface area contributed by atoms with Crippen LogP contribution in [0.4, 0.5) is 0 Å². The first kappa shape index (κ1) is 26.4. The number of halogens is 1. The Hall–Kier alpha value is -2.24. The summed E-state index contributed by atoms with van der Waals surface area (Å²) in [5.41, 5.74) is 1.26. The van der Waals surface area contributed by atoms with Gasteiger partial charge >= 0.3 is 0 Å². The fourth-order valence-electron chi connectivity index (χ4n) is 4.14. The van der Waals surface area contributed by atoms with Crippen LogP contribution in [-0.4, -0.2) is 65.0 Å². The number of hydrogen-bond donors (Lipinski definition) is 2. The second kappa shape index (κ2) is 13.0. The lowest BCUT2D eigenvalue weighted by Gasteiger charge is -2.26. The summed E-state index contributed by atoms with van der Waals surface area (Å²) in [6.07, 6.45) is 1.05. The van der Waals surface area contributed by atoms with Gasteiger partial charge in [0.05, 0.1) is 19.3 Å². The van der Waals surface area contributed by atoms with Crippen LogP contribution in [0.25, 0.3) is 10.8 Å². The van der Waals surface area contributed by atoms with E-state index in [1.807, 2.05) is 18.5 Å². The molecule has 0 amide bonds. The van der Waals surface area contributed by atoms with Crippen molar-refractivity contribution in [2.45, 2.75) is 32.9 Å². The second-order valence-corrected chi connectivity index (χ2v) is 8.56. The maximum atomic E-state index is 5.45. The molecule has 34 heavy (non-hydrogen) atoms. The van der Waals surface area contributed by atoms with Gasteiger partial charge in [0.2, 0.25) is 0 Å². The van der Waals surface area contributed by atoms with Gasteiger partial charge in [-0.15, -0.1) is 34.2 Å². The summed E-state index contributed by atoms with van der Waals surface area (Å²) in [5, 5.41) is 18.0. The first-order valence-corrected chi connectivity index (χ1v) is 11.8. The molecule has 2 aromatic carbocycles. The Morgan fingerprint density at radius 3 is 2.65 bits per heavy atom. The van der Waals surface area contributed by atoms with E-state index < -0.39 is 0 Å². The molecule has 8 nitrogen and oxygen atoms in total. The number of aromatic nitrogens is 3. The van der Waals surface area contributed by atoms with Crippen molar-refractivity contribution >= 4 is 40.7 Å². The van der Waals surface area contributed by atoms with E-state index in [9.17, 15) is 0 Å². The topological polar surface area (TPSA) is 79.6 Å². The van der Waals surface area contributed by atoms with Gasteiger partial charge < -0.3 is 19.9 Å². The normalized spacial score (nSPS) is 15.7. The number of aliphatic imine (C=N–C) groups is 1. The van der Waals surface area contributed by atoms with E-state index in [4.69, 9.17) is 9.73 Å². The number of rotatable bonds is 8.